The van der Waals surface area contributed by atoms with Gasteiger partial charge in [0.2, 0.25) is 0 Å². The molecule has 0 radical (unpaired) electrons. The first-order valence-electron chi connectivity index (χ1n) is 10.0. The molecule has 0 bridgehead atoms. The van der Waals surface area contributed by atoms with E-state index in [0.717, 1.165) is 23.8 Å². The number of nitrogens with one attached hydrogen (secondary N) is 1. The van der Waals surface area contributed by atoms with Crippen LogP contribution in [0.25, 0.3) is 0 Å². The summed E-state index contributed by atoms with van der Waals surface area (Å²) < 4.78 is 29.9. The van der Waals surface area contributed by atoms with Crippen molar-refractivity contribution in [2.24, 2.45) is 0 Å². The first kappa shape index (κ1) is 24.5. The second-order valence-corrected chi connectivity index (χ2v) is 8.60. The predicted molar refractivity (Wildman–Crippen MR) is 122 cm³/mol. The molecular weight excluding hydrogens is 461 g/mol. The Hall–Kier alpha value is -4.19. The van der Waals surface area contributed by atoms with Gasteiger partial charge in [0.25, 0.3) is 5.69 Å². The van der Waals surface area contributed by atoms with E-state index in [1.54, 1.807) is 48.5 Å². The molecule has 3 rings (SSSR count). The van der Waals surface area contributed by atoms with Crippen molar-refractivity contribution in [1.29, 1.82) is 5.26 Å². The molecule has 1 N–H and O–H groups in total. The van der Waals surface area contributed by atoms with Gasteiger partial charge in [0.1, 0.15) is 35.8 Å². The third-order valence-electron chi connectivity index (χ3n) is 4.41. The van der Waals surface area contributed by atoms with Crippen molar-refractivity contribution in [3.8, 4) is 17.6 Å². The fourth-order valence-corrected chi connectivity index (χ4v) is 4.30. The fraction of sp³-hybridized carbons (Fsp3) is 0.130. The van der Waals surface area contributed by atoms with Gasteiger partial charge in [0.15, 0.2) is 0 Å². The smallest absolute Gasteiger partial charge is 0.460 e. The lowest BCUT2D eigenvalue weighted by Gasteiger charge is -2.23. The summed E-state index contributed by atoms with van der Waals surface area (Å²) in [5.74, 6) is -0.762. The summed E-state index contributed by atoms with van der Waals surface area (Å²) >= 11 is 0. The van der Waals surface area contributed by atoms with Gasteiger partial charge in [-0.3, -0.25) is 14.9 Å². The number of non-ortho nitro benzene ring substituents is 1. The number of hydrogen-bond donors (Lipinski definition) is 1. The zero-order valence-corrected chi connectivity index (χ0v) is 18.9. The molecule has 10 nitrogen and oxygen atoms in total. The van der Waals surface area contributed by atoms with Crippen LogP contribution in [-0.2, 0) is 20.7 Å². The summed E-state index contributed by atoms with van der Waals surface area (Å²) in [7, 11) is -4.32. The molecule has 3 aromatic rings. The number of rotatable bonds is 10. The van der Waals surface area contributed by atoms with Crippen LogP contribution in [0.15, 0.2) is 78.9 Å². The minimum absolute atomic E-state index is 0.0112. The SMILES string of the molecule is C[C@H](NP(=O)(Oc1ccccc1)Oc1ccc([N+](=O)[O-])cc1C#N)C(=O)OCc1ccccc1. The molecule has 174 valence electrons. The average Bonchev–Trinajstić information content (AvgIpc) is 2.83. The van der Waals surface area contributed by atoms with Crippen LogP contribution >= 0.6 is 7.75 Å². The summed E-state index contributed by atoms with van der Waals surface area (Å²) in [5, 5.41) is 22.9. The van der Waals surface area contributed by atoms with Crippen LogP contribution in [0.2, 0.25) is 0 Å². The summed E-state index contributed by atoms with van der Waals surface area (Å²) in [6, 6.07) is 20.9. The summed E-state index contributed by atoms with van der Waals surface area (Å²) in [5.41, 5.74) is 0.202. The van der Waals surface area contributed by atoms with E-state index < -0.39 is 24.7 Å². The summed E-state index contributed by atoms with van der Waals surface area (Å²) in [4.78, 5) is 22.8. The number of carbonyl (C=O) groups excluding carboxylic acids is 1. The highest BCUT2D eigenvalue weighted by atomic mass is 31.2. The third kappa shape index (κ3) is 6.65. The van der Waals surface area contributed by atoms with Gasteiger partial charge in [0, 0.05) is 12.1 Å². The average molecular weight is 481 g/mol. The Morgan fingerprint density at radius 3 is 2.35 bits per heavy atom. The van der Waals surface area contributed by atoms with Gasteiger partial charge in [-0.1, -0.05) is 48.5 Å². The molecule has 0 fully saturated rings. The largest absolute Gasteiger partial charge is 0.513 e. The van der Waals surface area contributed by atoms with Crippen LogP contribution < -0.4 is 14.1 Å². The van der Waals surface area contributed by atoms with Gasteiger partial charge in [-0.15, -0.1) is 0 Å². The first-order valence-corrected chi connectivity index (χ1v) is 11.5. The lowest BCUT2D eigenvalue weighted by molar-refractivity contribution is -0.384. The zero-order valence-electron chi connectivity index (χ0n) is 18.0. The zero-order chi connectivity index (χ0) is 24.6. The maximum Gasteiger partial charge on any atom is 0.513 e. The normalized spacial score (nSPS) is 13.1. The molecule has 0 aliphatic heterocycles. The molecular formula is C23H20N3O7P. The molecule has 0 aliphatic rings. The van der Waals surface area contributed by atoms with Crippen molar-refractivity contribution in [1.82, 2.24) is 5.09 Å². The van der Waals surface area contributed by atoms with Crippen molar-refractivity contribution >= 4 is 19.4 Å². The molecule has 1 unspecified atom stereocenters. The van der Waals surface area contributed by atoms with E-state index in [-0.39, 0.29) is 29.4 Å². The number of nitro benzene ring substituents is 1. The van der Waals surface area contributed by atoms with Crippen LogP contribution in [0.1, 0.15) is 18.1 Å². The van der Waals surface area contributed by atoms with Crippen LogP contribution in [-0.4, -0.2) is 16.9 Å². The van der Waals surface area contributed by atoms with Crippen molar-refractivity contribution < 1.29 is 28.1 Å². The van der Waals surface area contributed by atoms with Crippen molar-refractivity contribution in [3.05, 3.63) is 100 Å². The Balaban J connectivity index is 1.81. The van der Waals surface area contributed by atoms with E-state index in [4.69, 9.17) is 13.8 Å². The topological polar surface area (TPSA) is 141 Å². The van der Waals surface area contributed by atoms with Gasteiger partial charge >= 0.3 is 13.7 Å². The van der Waals surface area contributed by atoms with E-state index in [9.17, 15) is 24.7 Å². The Morgan fingerprint density at radius 1 is 1.09 bits per heavy atom. The summed E-state index contributed by atoms with van der Waals surface area (Å²) in [6.07, 6.45) is 0. The molecule has 0 aliphatic carbocycles. The molecule has 0 amide bonds. The van der Waals surface area contributed by atoms with Crippen molar-refractivity contribution in [2.75, 3.05) is 0 Å². The number of carbonyl (C=O) groups is 1. The molecule has 34 heavy (non-hydrogen) atoms. The van der Waals surface area contributed by atoms with Crippen molar-refractivity contribution in [3.63, 3.8) is 0 Å². The maximum atomic E-state index is 13.6. The number of para-hydroxylation sites is 1. The Bertz CT molecular complexity index is 1250. The molecule has 11 heteroatoms. The van der Waals surface area contributed by atoms with Gasteiger partial charge in [-0.05, 0) is 30.7 Å². The molecule has 0 saturated heterocycles. The lowest BCUT2D eigenvalue weighted by Crippen LogP contribution is -2.35. The predicted octanol–water partition coefficient (Wildman–Crippen LogP) is 4.75. The van der Waals surface area contributed by atoms with Crippen LogP contribution in [0.3, 0.4) is 0 Å². The molecule has 0 saturated carbocycles. The minimum atomic E-state index is -4.32. The van der Waals surface area contributed by atoms with Gasteiger partial charge in [-0.25, -0.2) is 4.57 Å². The minimum Gasteiger partial charge on any atom is -0.460 e. The first-order chi connectivity index (χ1) is 16.3. The summed E-state index contributed by atoms with van der Waals surface area (Å²) in [6.45, 7) is 1.43. The van der Waals surface area contributed by atoms with Gasteiger partial charge in [-0.2, -0.15) is 10.3 Å². The number of benzene rings is 3. The molecule has 0 spiro atoms. The van der Waals surface area contributed by atoms with Crippen LogP contribution in [0.4, 0.5) is 5.69 Å². The Labute approximate surface area is 195 Å². The Kier molecular flexibility index (Phi) is 7.98. The molecule has 0 heterocycles. The number of nitro groups is 1. The third-order valence-corrected chi connectivity index (χ3v) is 6.00. The highest BCUT2D eigenvalue weighted by Crippen LogP contribution is 2.46. The number of hydrogen-bond acceptors (Lipinski definition) is 8. The van der Waals surface area contributed by atoms with E-state index >= 15 is 0 Å². The van der Waals surface area contributed by atoms with E-state index in [1.165, 1.54) is 19.1 Å². The highest BCUT2D eigenvalue weighted by Gasteiger charge is 2.35. The highest BCUT2D eigenvalue weighted by molar-refractivity contribution is 7.52. The van der Waals surface area contributed by atoms with Crippen molar-refractivity contribution in [2.45, 2.75) is 19.6 Å². The van der Waals surface area contributed by atoms with E-state index in [2.05, 4.69) is 5.09 Å². The number of nitrogens with zero attached hydrogens (tertiary/aromatic N) is 2. The lowest BCUT2D eigenvalue weighted by atomic mass is 10.2. The number of ether oxygens (including phenoxy) is 1. The fourth-order valence-electron chi connectivity index (χ4n) is 2.76. The van der Waals surface area contributed by atoms with Crippen LogP contribution in [0, 0.1) is 21.4 Å². The quantitative estimate of drug-likeness (QED) is 0.188. The van der Waals surface area contributed by atoms with Crippen LogP contribution in [0.5, 0.6) is 11.5 Å². The monoisotopic (exact) mass is 481 g/mol. The van der Waals surface area contributed by atoms with Gasteiger partial charge in [0.05, 0.1) is 4.92 Å². The molecule has 2 atom stereocenters. The second-order valence-electron chi connectivity index (χ2n) is 6.99. The number of esters is 1. The standard InChI is InChI=1S/C23H20N3O7P/c1-17(23(27)31-16-18-8-4-2-5-9-18)25-34(30,32-21-10-6-3-7-11-21)33-22-13-12-20(26(28)29)14-19(22)15-24/h2-14,17H,16H2,1H3,(H,25,30)/t17-,34?/m0/s1. The Morgan fingerprint density at radius 2 is 1.74 bits per heavy atom. The van der Waals surface area contributed by atoms with E-state index in [0.29, 0.717) is 0 Å². The maximum absolute atomic E-state index is 13.6. The van der Waals surface area contributed by atoms with Gasteiger partial charge < -0.3 is 13.8 Å². The molecule has 0 aromatic heterocycles. The number of nitriles is 1. The second kappa shape index (κ2) is 11.1. The van der Waals surface area contributed by atoms with E-state index in [1.807, 2.05) is 6.07 Å². The molecule has 3 aromatic carbocycles.